The van der Waals surface area contributed by atoms with Crippen molar-refractivity contribution in [2.45, 2.75) is 6.92 Å². The second-order valence-corrected chi connectivity index (χ2v) is 4.43. The Balaban J connectivity index is 1.82. The molecule has 3 nitrogen and oxygen atoms in total. The van der Waals surface area contributed by atoms with Crippen LogP contribution in [0.25, 0.3) is 0 Å². The van der Waals surface area contributed by atoms with E-state index in [1.54, 1.807) is 0 Å². The van der Waals surface area contributed by atoms with Crippen LogP contribution in [0.15, 0.2) is 0 Å². The third-order valence-electron chi connectivity index (χ3n) is 3.22. The standard InChI is InChI=1S/C10H17N3/c1-8(2-11)5-13-6-9-3-12-4-10(9)7-13/h8-10,12H,3-7H2,1H3/t8?,9-,10+. The Hall–Kier alpha value is -0.590. The average Bonchev–Trinajstić information content (AvgIpc) is 2.63. The molecule has 0 aromatic heterocycles. The summed E-state index contributed by atoms with van der Waals surface area (Å²) in [6.07, 6.45) is 0. The molecule has 0 aromatic rings. The van der Waals surface area contributed by atoms with Gasteiger partial charge in [0.15, 0.2) is 0 Å². The molecule has 2 heterocycles. The third-order valence-corrected chi connectivity index (χ3v) is 3.22. The van der Waals surface area contributed by atoms with Crippen LogP contribution in [-0.2, 0) is 0 Å². The zero-order valence-corrected chi connectivity index (χ0v) is 8.16. The Labute approximate surface area is 79.7 Å². The van der Waals surface area contributed by atoms with Gasteiger partial charge in [-0.15, -0.1) is 0 Å². The highest BCUT2D eigenvalue weighted by atomic mass is 15.2. The monoisotopic (exact) mass is 179 g/mol. The van der Waals surface area contributed by atoms with Gasteiger partial charge >= 0.3 is 0 Å². The first kappa shape index (κ1) is 8.98. The van der Waals surface area contributed by atoms with E-state index in [1.165, 1.54) is 26.2 Å². The molecular weight excluding hydrogens is 162 g/mol. The number of nitriles is 1. The fourth-order valence-electron chi connectivity index (χ4n) is 2.53. The van der Waals surface area contributed by atoms with Crippen LogP contribution in [-0.4, -0.2) is 37.6 Å². The predicted molar refractivity (Wildman–Crippen MR) is 51.1 cm³/mol. The van der Waals surface area contributed by atoms with Gasteiger partial charge in [0, 0.05) is 19.6 Å². The van der Waals surface area contributed by atoms with Gasteiger partial charge in [0.05, 0.1) is 12.0 Å². The molecular formula is C10H17N3. The zero-order chi connectivity index (χ0) is 9.26. The minimum atomic E-state index is 0.187. The SMILES string of the molecule is CC(C#N)CN1C[C@H]2CNC[C@H]2C1. The summed E-state index contributed by atoms with van der Waals surface area (Å²) in [5, 5.41) is 12.1. The molecule has 2 aliphatic heterocycles. The van der Waals surface area contributed by atoms with Crippen LogP contribution < -0.4 is 5.32 Å². The van der Waals surface area contributed by atoms with Crippen LogP contribution in [0.1, 0.15) is 6.92 Å². The number of rotatable bonds is 2. The molecule has 0 amide bonds. The molecule has 13 heavy (non-hydrogen) atoms. The maximum Gasteiger partial charge on any atom is 0.0666 e. The summed E-state index contributed by atoms with van der Waals surface area (Å²) in [5.74, 6) is 1.89. The van der Waals surface area contributed by atoms with Gasteiger partial charge in [-0.2, -0.15) is 5.26 Å². The lowest BCUT2D eigenvalue weighted by Crippen LogP contribution is -2.29. The van der Waals surface area contributed by atoms with Crippen LogP contribution in [0.3, 0.4) is 0 Å². The highest BCUT2D eigenvalue weighted by molar-refractivity contribution is 4.93. The second kappa shape index (κ2) is 3.65. The van der Waals surface area contributed by atoms with E-state index < -0.39 is 0 Å². The number of fused-ring (bicyclic) bond motifs is 1. The molecule has 0 spiro atoms. The van der Waals surface area contributed by atoms with E-state index in [1.807, 2.05) is 6.92 Å². The third kappa shape index (κ3) is 1.84. The van der Waals surface area contributed by atoms with E-state index in [2.05, 4.69) is 16.3 Å². The van der Waals surface area contributed by atoms with Gasteiger partial charge < -0.3 is 10.2 Å². The molecule has 0 aromatic carbocycles. The van der Waals surface area contributed by atoms with Crippen molar-refractivity contribution >= 4 is 0 Å². The van der Waals surface area contributed by atoms with E-state index in [0.717, 1.165) is 18.4 Å². The molecule has 72 valence electrons. The number of hydrogen-bond donors (Lipinski definition) is 1. The zero-order valence-electron chi connectivity index (χ0n) is 8.16. The number of nitrogens with zero attached hydrogens (tertiary/aromatic N) is 2. The first-order chi connectivity index (χ1) is 6.29. The van der Waals surface area contributed by atoms with Gasteiger partial charge in [0.2, 0.25) is 0 Å². The lowest BCUT2D eigenvalue weighted by Gasteiger charge is -2.17. The van der Waals surface area contributed by atoms with Crippen LogP contribution in [0.4, 0.5) is 0 Å². The second-order valence-electron chi connectivity index (χ2n) is 4.43. The van der Waals surface area contributed by atoms with E-state index in [0.29, 0.717) is 0 Å². The fraction of sp³-hybridized carbons (Fsp3) is 0.900. The van der Waals surface area contributed by atoms with Crippen molar-refractivity contribution < 1.29 is 0 Å². The quantitative estimate of drug-likeness (QED) is 0.662. The molecule has 2 aliphatic rings. The van der Waals surface area contributed by atoms with Crippen LogP contribution >= 0.6 is 0 Å². The van der Waals surface area contributed by atoms with Crippen molar-refractivity contribution in [2.75, 3.05) is 32.7 Å². The summed E-state index contributed by atoms with van der Waals surface area (Å²) in [7, 11) is 0. The van der Waals surface area contributed by atoms with Gasteiger partial charge in [-0.1, -0.05) is 0 Å². The van der Waals surface area contributed by atoms with Crippen LogP contribution in [0.5, 0.6) is 0 Å². The van der Waals surface area contributed by atoms with Crippen molar-refractivity contribution in [3.63, 3.8) is 0 Å². The Morgan fingerprint density at radius 2 is 2.08 bits per heavy atom. The molecule has 0 aliphatic carbocycles. The summed E-state index contributed by atoms with van der Waals surface area (Å²) < 4.78 is 0. The summed E-state index contributed by atoms with van der Waals surface area (Å²) in [5.41, 5.74) is 0. The molecule has 3 heteroatoms. The lowest BCUT2D eigenvalue weighted by molar-refractivity contribution is 0.292. The molecule has 2 saturated heterocycles. The summed E-state index contributed by atoms with van der Waals surface area (Å²) in [4.78, 5) is 2.45. The molecule has 0 radical (unpaired) electrons. The average molecular weight is 179 g/mol. The number of nitrogens with one attached hydrogen (secondary N) is 1. The molecule has 2 rings (SSSR count). The van der Waals surface area contributed by atoms with Crippen LogP contribution in [0.2, 0.25) is 0 Å². The molecule has 0 saturated carbocycles. The minimum absolute atomic E-state index is 0.187. The molecule has 2 fully saturated rings. The van der Waals surface area contributed by atoms with Crippen LogP contribution in [0, 0.1) is 29.1 Å². The first-order valence-electron chi connectivity index (χ1n) is 5.12. The lowest BCUT2D eigenvalue weighted by atomic mass is 10.0. The van der Waals surface area contributed by atoms with E-state index in [4.69, 9.17) is 5.26 Å². The first-order valence-corrected chi connectivity index (χ1v) is 5.12. The van der Waals surface area contributed by atoms with Crippen molar-refractivity contribution in [1.82, 2.24) is 10.2 Å². The van der Waals surface area contributed by atoms with Crippen molar-refractivity contribution in [1.29, 1.82) is 5.26 Å². The highest BCUT2D eigenvalue weighted by Crippen LogP contribution is 2.26. The predicted octanol–water partition coefficient (Wildman–Crippen LogP) is 0.297. The maximum atomic E-state index is 8.71. The van der Waals surface area contributed by atoms with E-state index in [9.17, 15) is 0 Å². The van der Waals surface area contributed by atoms with Crippen molar-refractivity contribution in [2.24, 2.45) is 17.8 Å². The van der Waals surface area contributed by atoms with E-state index in [-0.39, 0.29) is 5.92 Å². The normalized spacial score (nSPS) is 35.7. The fourth-order valence-corrected chi connectivity index (χ4v) is 2.53. The molecule has 3 atom stereocenters. The topological polar surface area (TPSA) is 39.1 Å². The Morgan fingerprint density at radius 3 is 2.62 bits per heavy atom. The summed E-state index contributed by atoms with van der Waals surface area (Å²) in [6.45, 7) is 7.73. The largest absolute Gasteiger partial charge is 0.316 e. The van der Waals surface area contributed by atoms with Gasteiger partial charge in [-0.05, 0) is 31.8 Å². The van der Waals surface area contributed by atoms with Crippen molar-refractivity contribution in [3.8, 4) is 6.07 Å². The molecule has 0 bridgehead atoms. The smallest absolute Gasteiger partial charge is 0.0666 e. The molecule has 1 N–H and O–H groups in total. The van der Waals surface area contributed by atoms with Gasteiger partial charge in [0.25, 0.3) is 0 Å². The summed E-state index contributed by atoms with van der Waals surface area (Å²) in [6, 6.07) is 2.30. The Morgan fingerprint density at radius 1 is 1.46 bits per heavy atom. The maximum absolute atomic E-state index is 8.71. The number of hydrogen-bond acceptors (Lipinski definition) is 3. The van der Waals surface area contributed by atoms with Gasteiger partial charge in [-0.25, -0.2) is 0 Å². The van der Waals surface area contributed by atoms with Gasteiger partial charge in [0.1, 0.15) is 0 Å². The van der Waals surface area contributed by atoms with Crippen molar-refractivity contribution in [3.05, 3.63) is 0 Å². The van der Waals surface area contributed by atoms with Gasteiger partial charge in [-0.3, -0.25) is 0 Å². The highest BCUT2D eigenvalue weighted by Gasteiger charge is 2.36. The minimum Gasteiger partial charge on any atom is -0.316 e. The van der Waals surface area contributed by atoms with E-state index >= 15 is 0 Å². The summed E-state index contributed by atoms with van der Waals surface area (Å²) >= 11 is 0. The number of likely N-dealkylation sites (tertiary alicyclic amines) is 1. The Bertz CT molecular complexity index is 209. The Kier molecular flexibility index (Phi) is 2.52. The molecule has 1 unspecified atom stereocenters.